The molecule has 2 saturated heterocycles. The van der Waals surface area contributed by atoms with Crippen LogP contribution in [0.3, 0.4) is 0 Å². The molecule has 0 aliphatic carbocycles. The Kier molecular flexibility index (Phi) is 8.47. The van der Waals surface area contributed by atoms with Gasteiger partial charge >= 0.3 is 0 Å². The Labute approximate surface area is 236 Å². The van der Waals surface area contributed by atoms with Gasteiger partial charge in [-0.15, -0.1) is 0 Å². The average Bonchev–Trinajstić information content (AvgIpc) is 3.67. The second-order valence-electron chi connectivity index (χ2n) is 11.9. The largest absolute Gasteiger partial charge is 0.368 e. The van der Waals surface area contributed by atoms with Crippen LogP contribution in [0.2, 0.25) is 0 Å². The molecule has 5 rings (SSSR count). The van der Waals surface area contributed by atoms with E-state index in [1.54, 1.807) is 17.0 Å². The highest BCUT2D eigenvalue weighted by molar-refractivity contribution is 5.81. The molecule has 1 amide bonds. The molecule has 220 valence electrons. The van der Waals surface area contributed by atoms with Crippen LogP contribution in [0.15, 0.2) is 42.5 Å². The summed E-state index contributed by atoms with van der Waals surface area (Å²) in [5.74, 6) is -2.31. The third-order valence-electron chi connectivity index (χ3n) is 7.64. The van der Waals surface area contributed by atoms with Crippen molar-refractivity contribution in [2.24, 2.45) is 11.3 Å². The molecule has 0 saturated carbocycles. The summed E-state index contributed by atoms with van der Waals surface area (Å²) in [5, 5.41) is 7.60. The van der Waals surface area contributed by atoms with Crippen LogP contribution in [0.4, 0.5) is 17.6 Å². The molecule has 11 heteroatoms. The maximum absolute atomic E-state index is 14.9. The molecular formula is C30H35F4N5O2. The number of aromatic nitrogens is 3. The van der Waals surface area contributed by atoms with Crippen molar-refractivity contribution in [2.75, 3.05) is 26.2 Å². The third-order valence-corrected chi connectivity index (χ3v) is 7.64. The van der Waals surface area contributed by atoms with Crippen LogP contribution in [0.1, 0.15) is 51.0 Å². The number of carbonyl (C=O) groups is 1. The summed E-state index contributed by atoms with van der Waals surface area (Å²) in [4.78, 5) is 20.4. The Morgan fingerprint density at radius 3 is 2.59 bits per heavy atom. The zero-order valence-corrected chi connectivity index (χ0v) is 23.4. The van der Waals surface area contributed by atoms with Gasteiger partial charge in [0, 0.05) is 32.2 Å². The Morgan fingerprint density at radius 2 is 1.93 bits per heavy atom. The number of ether oxygens (including phenoxy) is 1. The first-order valence-corrected chi connectivity index (χ1v) is 13.9. The lowest BCUT2D eigenvalue weighted by Crippen LogP contribution is -2.49. The fraction of sp³-hybridized carbons (Fsp3) is 0.500. The molecule has 3 aromatic rings. The highest BCUT2D eigenvalue weighted by atomic mass is 19.1. The maximum atomic E-state index is 14.9. The normalized spacial score (nSPS) is 21.8. The van der Waals surface area contributed by atoms with Crippen LogP contribution in [-0.4, -0.2) is 64.1 Å². The number of nitrogens with zero attached hydrogens (tertiary/aromatic N) is 4. The van der Waals surface area contributed by atoms with Gasteiger partial charge < -0.3 is 15.0 Å². The predicted octanol–water partition coefficient (Wildman–Crippen LogP) is 5.06. The Hall–Kier alpha value is -3.31. The van der Waals surface area contributed by atoms with Crippen molar-refractivity contribution in [3.8, 4) is 11.4 Å². The van der Waals surface area contributed by atoms with Gasteiger partial charge in [0.1, 0.15) is 29.7 Å². The first-order valence-electron chi connectivity index (χ1n) is 13.9. The Morgan fingerprint density at radius 1 is 1.15 bits per heavy atom. The number of nitrogens with one attached hydrogen (secondary N) is 1. The van der Waals surface area contributed by atoms with Crippen molar-refractivity contribution in [1.29, 1.82) is 0 Å². The third kappa shape index (κ3) is 6.46. The van der Waals surface area contributed by atoms with E-state index < -0.39 is 47.1 Å². The summed E-state index contributed by atoms with van der Waals surface area (Å²) in [6.45, 7) is 7.01. The molecule has 1 unspecified atom stereocenters. The second-order valence-corrected chi connectivity index (χ2v) is 11.9. The van der Waals surface area contributed by atoms with Gasteiger partial charge in [-0.3, -0.25) is 4.79 Å². The first kappa shape index (κ1) is 29.2. The summed E-state index contributed by atoms with van der Waals surface area (Å²) in [5.41, 5.74) is -0.232. The summed E-state index contributed by atoms with van der Waals surface area (Å²) in [6.07, 6.45) is -0.534. The van der Waals surface area contributed by atoms with Gasteiger partial charge in [0.25, 0.3) is 5.91 Å². The molecular weight excluding hydrogens is 538 g/mol. The molecule has 0 bridgehead atoms. The van der Waals surface area contributed by atoms with Gasteiger partial charge in [-0.25, -0.2) is 27.2 Å². The van der Waals surface area contributed by atoms with Crippen molar-refractivity contribution in [1.82, 2.24) is 25.0 Å². The summed E-state index contributed by atoms with van der Waals surface area (Å²) in [6, 6.07) is 8.23. The smallest absolute Gasteiger partial charge is 0.252 e. The van der Waals surface area contributed by atoms with Crippen molar-refractivity contribution in [2.45, 2.75) is 58.5 Å². The number of amides is 1. The second kappa shape index (κ2) is 11.9. The minimum Gasteiger partial charge on any atom is -0.368 e. The van der Waals surface area contributed by atoms with E-state index in [1.807, 2.05) is 20.8 Å². The van der Waals surface area contributed by atoms with Crippen molar-refractivity contribution in [3.05, 3.63) is 71.3 Å². The van der Waals surface area contributed by atoms with Crippen molar-refractivity contribution >= 4 is 5.91 Å². The molecule has 2 aliphatic heterocycles. The molecule has 0 radical (unpaired) electrons. The SMILES string of the molecule is CC(C)(C)[C@H](c1nc(-c2cc(F)ccc2F)nn1Cc1cccc(F)c1)N(C[C@@H]1CNC[C@@H]1F)C(=O)C1CCCO1. The van der Waals surface area contributed by atoms with Gasteiger partial charge in [0.15, 0.2) is 11.6 Å². The zero-order chi connectivity index (χ0) is 29.3. The van der Waals surface area contributed by atoms with E-state index in [2.05, 4.69) is 10.4 Å². The minimum absolute atomic E-state index is 0.0578. The van der Waals surface area contributed by atoms with E-state index in [0.29, 0.717) is 31.0 Å². The molecule has 1 N–H and O–H groups in total. The summed E-state index contributed by atoms with van der Waals surface area (Å²) >= 11 is 0. The number of halogens is 4. The van der Waals surface area contributed by atoms with E-state index >= 15 is 0 Å². The molecule has 1 aromatic heterocycles. The maximum Gasteiger partial charge on any atom is 0.252 e. The van der Waals surface area contributed by atoms with Gasteiger partial charge in [0.2, 0.25) is 0 Å². The topological polar surface area (TPSA) is 72.3 Å². The van der Waals surface area contributed by atoms with E-state index in [1.165, 1.54) is 16.8 Å². The number of hydrogen-bond acceptors (Lipinski definition) is 5. The number of carbonyl (C=O) groups excluding carboxylic acids is 1. The molecule has 41 heavy (non-hydrogen) atoms. The summed E-state index contributed by atoms with van der Waals surface area (Å²) in [7, 11) is 0. The van der Waals surface area contributed by atoms with Crippen LogP contribution < -0.4 is 5.32 Å². The number of rotatable bonds is 8. The first-order chi connectivity index (χ1) is 19.5. The van der Waals surface area contributed by atoms with Crippen molar-refractivity contribution in [3.63, 3.8) is 0 Å². The molecule has 2 fully saturated rings. The molecule has 3 heterocycles. The fourth-order valence-electron chi connectivity index (χ4n) is 5.67. The van der Waals surface area contributed by atoms with E-state index in [4.69, 9.17) is 9.72 Å². The highest BCUT2D eigenvalue weighted by Crippen LogP contribution is 2.40. The lowest BCUT2D eigenvalue weighted by Gasteiger charge is -2.41. The number of benzene rings is 2. The van der Waals surface area contributed by atoms with E-state index in [0.717, 1.165) is 24.6 Å². The van der Waals surface area contributed by atoms with E-state index in [9.17, 15) is 22.4 Å². The minimum atomic E-state index is -1.14. The number of hydrogen-bond donors (Lipinski definition) is 1. The summed E-state index contributed by atoms with van der Waals surface area (Å²) < 4.78 is 65.3. The van der Waals surface area contributed by atoms with E-state index in [-0.39, 0.29) is 36.9 Å². The molecule has 4 atom stereocenters. The molecule has 0 spiro atoms. The van der Waals surface area contributed by atoms with Crippen LogP contribution in [0, 0.1) is 28.8 Å². The Bertz CT molecular complexity index is 1390. The lowest BCUT2D eigenvalue weighted by atomic mass is 9.83. The average molecular weight is 574 g/mol. The number of alkyl halides is 1. The standard InChI is InChI=1S/C30H35F4N5O2/c1-30(2,3)26(38(17-19-14-35-15-24(19)34)29(40)25-8-5-11-41-25)28-36-27(22-13-21(32)9-10-23(22)33)37-39(28)16-18-6-4-7-20(31)12-18/h4,6-7,9-10,12-13,19,24-26,35H,5,8,11,14-17H2,1-3H3/t19-,24-,25?,26-/m0/s1. The Balaban J connectivity index is 1.65. The molecule has 7 nitrogen and oxygen atoms in total. The predicted molar refractivity (Wildman–Crippen MR) is 145 cm³/mol. The quantitative estimate of drug-likeness (QED) is 0.382. The van der Waals surface area contributed by atoms with Gasteiger partial charge in [-0.2, -0.15) is 5.10 Å². The lowest BCUT2D eigenvalue weighted by molar-refractivity contribution is -0.147. The fourth-order valence-corrected chi connectivity index (χ4v) is 5.67. The van der Waals surface area contributed by atoms with Crippen molar-refractivity contribution < 1.29 is 27.1 Å². The van der Waals surface area contributed by atoms with Gasteiger partial charge in [-0.05, 0) is 54.2 Å². The monoisotopic (exact) mass is 573 g/mol. The van der Waals surface area contributed by atoms with Crippen LogP contribution >= 0.6 is 0 Å². The van der Waals surface area contributed by atoms with Gasteiger partial charge in [0.05, 0.1) is 18.2 Å². The zero-order valence-electron chi connectivity index (χ0n) is 23.4. The van der Waals surface area contributed by atoms with Crippen LogP contribution in [0.5, 0.6) is 0 Å². The molecule has 2 aromatic carbocycles. The van der Waals surface area contributed by atoms with Crippen LogP contribution in [0.25, 0.3) is 11.4 Å². The van der Waals surface area contributed by atoms with Crippen LogP contribution in [-0.2, 0) is 16.1 Å². The molecule has 2 aliphatic rings. The van der Waals surface area contributed by atoms with Gasteiger partial charge in [-0.1, -0.05) is 32.9 Å². The highest BCUT2D eigenvalue weighted by Gasteiger charge is 2.44.